The number of nitrogens with zero attached hydrogens (tertiary/aromatic N) is 3. The lowest BCUT2D eigenvalue weighted by molar-refractivity contribution is 0.284. The normalized spacial score (nSPS) is 10.8. The summed E-state index contributed by atoms with van der Waals surface area (Å²) in [5, 5.41) is 13.2. The summed E-state index contributed by atoms with van der Waals surface area (Å²) in [5.41, 5.74) is 1.97. The van der Waals surface area contributed by atoms with Crippen molar-refractivity contribution < 1.29 is 5.11 Å². The summed E-state index contributed by atoms with van der Waals surface area (Å²) in [7, 11) is 1.99. The lowest BCUT2D eigenvalue weighted by Gasteiger charge is -2.13. The Labute approximate surface area is 109 Å². The molecule has 0 aliphatic rings. The zero-order valence-electron chi connectivity index (χ0n) is 10.1. The molecule has 0 spiro atoms. The van der Waals surface area contributed by atoms with E-state index in [1.54, 1.807) is 11.3 Å². The lowest BCUT2D eigenvalue weighted by atomic mass is 10.4. The molecule has 2 aromatic heterocycles. The third-order valence-corrected chi connectivity index (χ3v) is 4.50. The molecule has 2 rings (SSSR count). The van der Waals surface area contributed by atoms with E-state index >= 15 is 0 Å². The third kappa shape index (κ3) is 2.83. The molecule has 4 nitrogen and oxygen atoms in total. The van der Waals surface area contributed by atoms with Gasteiger partial charge in [0.1, 0.15) is 0 Å². The molecule has 0 atom stereocenters. The summed E-state index contributed by atoms with van der Waals surface area (Å²) in [6, 6.07) is 0. The Morgan fingerprint density at radius 3 is 2.65 bits per heavy atom. The summed E-state index contributed by atoms with van der Waals surface area (Å²) in [6.07, 6.45) is 0. The SMILES string of the molecule is Cc1nc(CN(C)c2nc(C)c(CO)s2)cs1. The van der Waals surface area contributed by atoms with Crippen LogP contribution in [0.1, 0.15) is 21.3 Å². The fourth-order valence-corrected chi connectivity index (χ4v) is 3.00. The van der Waals surface area contributed by atoms with Gasteiger partial charge in [0.25, 0.3) is 0 Å². The Kier molecular flexibility index (Phi) is 3.76. The van der Waals surface area contributed by atoms with Crippen molar-refractivity contribution in [2.24, 2.45) is 0 Å². The molecule has 1 N–H and O–H groups in total. The van der Waals surface area contributed by atoms with Crippen molar-refractivity contribution in [2.75, 3.05) is 11.9 Å². The molecule has 0 amide bonds. The van der Waals surface area contributed by atoms with Crippen LogP contribution in [-0.4, -0.2) is 22.1 Å². The van der Waals surface area contributed by atoms with E-state index in [1.165, 1.54) is 11.3 Å². The van der Waals surface area contributed by atoms with E-state index < -0.39 is 0 Å². The summed E-state index contributed by atoms with van der Waals surface area (Å²) in [6.45, 7) is 4.74. The molecule has 0 radical (unpaired) electrons. The van der Waals surface area contributed by atoms with Crippen molar-refractivity contribution in [2.45, 2.75) is 27.0 Å². The minimum absolute atomic E-state index is 0.0626. The van der Waals surface area contributed by atoms with Crippen LogP contribution in [0.15, 0.2) is 5.38 Å². The van der Waals surface area contributed by atoms with Crippen LogP contribution in [0, 0.1) is 13.8 Å². The summed E-state index contributed by atoms with van der Waals surface area (Å²) < 4.78 is 0. The van der Waals surface area contributed by atoms with Crippen molar-refractivity contribution >= 4 is 27.8 Å². The molecule has 0 fully saturated rings. The first-order valence-corrected chi connectivity index (χ1v) is 6.99. The highest BCUT2D eigenvalue weighted by Gasteiger charge is 2.11. The lowest BCUT2D eigenvalue weighted by Crippen LogP contribution is -2.16. The van der Waals surface area contributed by atoms with Gasteiger partial charge >= 0.3 is 0 Å². The largest absolute Gasteiger partial charge is 0.391 e. The zero-order chi connectivity index (χ0) is 12.4. The van der Waals surface area contributed by atoms with E-state index in [1.807, 2.05) is 20.9 Å². The van der Waals surface area contributed by atoms with Gasteiger partial charge in [-0.3, -0.25) is 0 Å². The summed E-state index contributed by atoms with van der Waals surface area (Å²) in [4.78, 5) is 11.9. The van der Waals surface area contributed by atoms with E-state index in [0.29, 0.717) is 0 Å². The molecule has 0 aromatic carbocycles. The van der Waals surface area contributed by atoms with Gasteiger partial charge in [-0.05, 0) is 13.8 Å². The molecule has 0 saturated carbocycles. The van der Waals surface area contributed by atoms with Gasteiger partial charge in [-0.1, -0.05) is 11.3 Å². The summed E-state index contributed by atoms with van der Waals surface area (Å²) >= 11 is 3.19. The molecule has 0 aliphatic carbocycles. The fourth-order valence-electron chi connectivity index (χ4n) is 1.51. The molecule has 0 saturated heterocycles. The first kappa shape index (κ1) is 12.5. The molecular weight excluding hydrogens is 254 g/mol. The van der Waals surface area contributed by atoms with E-state index in [-0.39, 0.29) is 6.61 Å². The second kappa shape index (κ2) is 5.12. The predicted molar refractivity (Wildman–Crippen MR) is 71.7 cm³/mol. The molecule has 0 unspecified atom stereocenters. The number of hydrogen-bond donors (Lipinski definition) is 1. The number of aromatic nitrogens is 2. The Morgan fingerprint density at radius 1 is 1.35 bits per heavy atom. The van der Waals surface area contributed by atoms with Crippen molar-refractivity contribution in [1.82, 2.24) is 9.97 Å². The highest BCUT2D eigenvalue weighted by molar-refractivity contribution is 7.15. The highest BCUT2D eigenvalue weighted by Crippen LogP contribution is 2.26. The molecule has 2 aromatic rings. The number of hydrogen-bond acceptors (Lipinski definition) is 6. The highest BCUT2D eigenvalue weighted by atomic mass is 32.1. The maximum absolute atomic E-state index is 9.15. The van der Waals surface area contributed by atoms with Crippen molar-refractivity contribution in [3.05, 3.63) is 26.7 Å². The predicted octanol–water partition coefficient (Wildman–Crippen LogP) is 2.35. The quantitative estimate of drug-likeness (QED) is 0.925. The van der Waals surface area contributed by atoms with E-state index in [2.05, 4.69) is 20.2 Å². The van der Waals surface area contributed by atoms with Gasteiger partial charge in [0.15, 0.2) is 5.13 Å². The van der Waals surface area contributed by atoms with Gasteiger partial charge < -0.3 is 10.0 Å². The van der Waals surface area contributed by atoms with E-state index in [4.69, 9.17) is 5.11 Å². The van der Waals surface area contributed by atoms with Crippen molar-refractivity contribution in [3.8, 4) is 0 Å². The standard InChI is InChI=1S/C11H15N3OS2/c1-7-10(5-15)17-11(12-7)14(3)4-9-6-16-8(2)13-9/h6,15H,4-5H2,1-3H3. The van der Waals surface area contributed by atoms with Crippen LogP contribution in [0.25, 0.3) is 0 Å². The monoisotopic (exact) mass is 269 g/mol. The molecule has 0 bridgehead atoms. The molecule has 92 valence electrons. The van der Waals surface area contributed by atoms with Gasteiger partial charge in [-0.25, -0.2) is 9.97 Å². The maximum atomic E-state index is 9.15. The third-order valence-electron chi connectivity index (χ3n) is 2.42. The average molecular weight is 269 g/mol. The number of aryl methyl sites for hydroxylation is 2. The number of aliphatic hydroxyl groups is 1. The second-order valence-corrected chi connectivity index (χ2v) is 6.00. The van der Waals surface area contributed by atoms with Crippen LogP contribution < -0.4 is 4.90 Å². The Hall–Kier alpha value is -0.980. The maximum Gasteiger partial charge on any atom is 0.185 e. The molecule has 17 heavy (non-hydrogen) atoms. The van der Waals surface area contributed by atoms with Crippen molar-refractivity contribution in [1.29, 1.82) is 0 Å². The van der Waals surface area contributed by atoms with Gasteiger partial charge in [0.05, 0.1) is 34.4 Å². The minimum Gasteiger partial charge on any atom is -0.391 e. The number of rotatable bonds is 4. The van der Waals surface area contributed by atoms with Gasteiger partial charge in [-0.15, -0.1) is 11.3 Å². The second-order valence-electron chi connectivity index (χ2n) is 3.88. The summed E-state index contributed by atoms with van der Waals surface area (Å²) in [5.74, 6) is 0. The number of aliphatic hydroxyl groups excluding tert-OH is 1. The Bertz CT molecular complexity index is 507. The average Bonchev–Trinajstić information content (AvgIpc) is 2.85. The van der Waals surface area contributed by atoms with Gasteiger partial charge in [0, 0.05) is 12.4 Å². The first-order valence-electron chi connectivity index (χ1n) is 5.29. The Morgan fingerprint density at radius 2 is 2.12 bits per heavy atom. The molecule has 2 heterocycles. The van der Waals surface area contributed by atoms with Crippen LogP contribution in [-0.2, 0) is 13.2 Å². The van der Waals surface area contributed by atoms with Crippen LogP contribution in [0.2, 0.25) is 0 Å². The van der Waals surface area contributed by atoms with Crippen LogP contribution >= 0.6 is 22.7 Å². The Balaban J connectivity index is 2.11. The van der Waals surface area contributed by atoms with Crippen LogP contribution in [0.4, 0.5) is 5.13 Å². The van der Waals surface area contributed by atoms with Crippen LogP contribution in [0.5, 0.6) is 0 Å². The van der Waals surface area contributed by atoms with Crippen LogP contribution in [0.3, 0.4) is 0 Å². The topological polar surface area (TPSA) is 49.2 Å². The molecule has 6 heteroatoms. The fraction of sp³-hybridized carbons (Fsp3) is 0.455. The minimum atomic E-state index is 0.0626. The number of thiazole rings is 2. The molecular formula is C11H15N3OS2. The van der Waals surface area contributed by atoms with E-state index in [0.717, 1.165) is 32.9 Å². The smallest absolute Gasteiger partial charge is 0.185 e. The first-order chi connectivity index (χ1) is 8.10. The number of anilines is 1. The van der Waals surface area contributed by atoms with E-state index in [9.17, 15) is 0 Å². The molecule has 0 aliphatic heterocycles. The zero-order valence-corrected chi connectivity index (χ0v) is 11.7. The van der Waals surface area contributed by atoms with Gasteiger partial charge in [0.2, 0.25) is 0 Å². The van der Waals surface area contributed by atoms with Crippen molar-refractivity contribution in [3.63, 3.8) is 0 Å². The van der Waals surface area contributed by atoms with Gasteiger partial charge in [-0.2, -0.15) is 0 Å².